The van der Waals surface area contributed by atoms with Gasteiger partial charge in [-0.05, 0) is 55.2 Å². The smallest absolute Gasteiger partial charge is 0.243 e. The molecule has 2 aliphatic heterocycles. The number of likely N-dealkylation sites (tertiary alicyclic amines) is 1. The zero-order valence-corrected chi connectivity index (χ0v) is 17.8. The Morgan fingerprint density at radius 2 is 1.74 bits per heavy atom. The quantitative estimate of drug-likeness (QED) is 0.778. The molecule has 2 heterocycles. The average molecular weight is 450 g/mol. The maximum atomic E-state index is 14.1. The standard InChI is InChI=1S/C22H25F2N3O3S/c23-16-6-9-20(24)19(13-16)15-4-7-18(8-5-15)31(29,30)27-11-2-1-3-21(27)22(28)26-12-10-17(25)14-26/h4-9,13,17,21H,1-3,10-12,14,25H2/t17-,21+/m1/s1. The lowest BCUT2D eigenvalue weighted by Crippen LogP contribution is -2.52. The number of hydrogen-bond donors (Lipinski definition) is 1. The molecule has 0 radical (unpaired) electrons. The minimum absolute atomic E-state index is 0.0193. The van der Waals surface area contributed by atoms with Gasteiger partial charge in [-0.15, -0.1) is 0 Å². The Bertz CT molecular complexity index is 1080. The van der Waals surface area contributed by atoms with Crippen molar-refractivity contribution in [2.45, 2.75) is 42.7 Å². The second kappa shape index (κ2) is 8.64. The van der Waals surface area contributed by atoms with E-state index in [2.05, 4.69) is 0 Å². The number of carbonyl (C=O) groups excluding carboxylic acids is 1. The third kappa shape index (κ3) is 4.35. The van der Waals surface area contributed by atoms with Crippen molar-refractivity contribution in [1.29, 1.82) is 0 Å². The number of benzene rings is 2. The van der Waals surface area contributed by atoms with Crippen LogP contribution < -0.4 is 5.73 Å². The van der Waals surface area contributed by atoms with E-state index in [9.17, 15) is 22.0 Å². The minimum Gasteiger partial charge on any atom is -0.340 e. The molecule has 1 amide bonds. The van der Waals surface area contributed by atoms with Gasteiger partial charge in [0.2, 0.25) is 15.9 Å². The van der Waals surface area contributed by atoms with E-state index in [0.717, 1.165) is 24.6 Å². The summed E-state index contributed by atoms with van der Waals surface area (Å²) in [4.78, 5) is 14.7. The van der Waals surface area contributed by atoms with Crippen LogP contribution >= 0.6 is 0 Å². The van der Waals surface area contributed by atoms with Crippen LogP contribution in [0.4, 0.5) is 8.78 Å². The fourth-order valence-electron chi connectivity index (χ4n) is 4.30. The highest BCUT2D eigenvalue weighted by Gasteiger charge is 2.40. The normalized spacial score (nSPS) is 22.6. The summed E-state index contributed by atoms with van der Waals surface area (Å²) in [5, 5.41) is 0. The second-order valence-electron chi connectivity index (χ2n) is 8.11. The summed E-state index contributed by atoms with van der Waals surface area (Å²) in [6.45, 7) is 1.24. The van der Waals surface area contributed by atoms with Gasteiger partial charge in [0, 0.05) is 31.2 Å². The molecule has 0 spiro atoms. The number of piperidine rings is 1. The van der Waals surface area contributed by atoms with Gasteiger partial charge in [0.1, 0.15) is 17.7 Å². The van der Waals surface area contributed by atoms with Gasteiger partial charge in [-0.1, -0.05) is 18.6 Å². The average Bonchev–Trinajstić information content (AvgIpc) is 3.21. The molecular formula is C22H25F2N3O3S. The molecule has 0 aliphatic carbocycles. The van der Waals surface area contributed by atoms with Crippen molar-refractivity contribution < 1.29 is 22.0 Å². The molecule has 2 saturated heterocycles. The lowest BCUT2D eigenvalue weighted by atomic mass is 10.0. The number of amides is 1. The predicted molar refractivity (Wildman–Crippen MR) is 112 cm³/mol. The molecule has 2 aromatic carbocycles. The van der Waals surface area contributed by atoms with Crippen LogP contribution in [-0.2, 0) is 14.8 Å². The molecule has 2 N–H and O–H groups in total. The van der Waals surface area contributed by atoms with E-state index in [0.29, 0.717) is 37.9 Å². The Morgan fingerprint density at radius 3 is 2.42 bits per heavy atom. The molecule has 0 saturated carbocycles. The molecule has 0 unspecified atom stereocenters. The topological polar surface area (TPSA) is 83.7 Å². The number of carbonyl (C=O) groups is 1. The minimum atomic E-state index is -3.93. The summed E-state index contributed by atoms with van der Waals surface area (Å²) in [5.74, 6) is -1.37. The summed E-state index contributed by atoms with van der Waals surface area (Å²) in [6.07, 6.45) is 2.63. The summed E-state index contributed by atoms with van der Waals surface area (Å²) in [5.41, 5.74) is 6.33. The van der Waals surface area contributed by atoms with Crippen molar-refractivity contribution in [3.63, 3.8) is 0 Å². The highest BCUT2D eigenvalue weighted by molar-refractivity contribution is 7.89. The van der Waals surface area contributed by atoms with E-state index in [1.165, 1.54) is 28.6 Å². The molecule has 9 heteroatoms. The lowest BCUT2D eigenvalue weighted by Gasteiger charge is -2.35. The van der Waals surface area contributed by atoms with Crippen LogP contribution in [0.3, 0.4) is 0 Å². The molecule has 166 valence electrons. The number of nitrogens with two attached hydrogens (primary N) is 1. The summed E-state index contributed by atoms with van der Waals surface area (Å²) in [6, 6.07) is 7.95. The molecule has 6 nitrogen and oxygen atoms in total. The van der Waals surface area contributed by atoms with Crippen LogP contribution in [0.15, 0.2) is 47.4 Å². The maximum absolute atomic E-state index is 14.1. The van der Waals surface area contributed by atoms with Crippen molar-refractivity contribution in [3.8, 4) is 11.1 Å². The van der Waals surface area contributed by atoms with Crippen LogP contribution in [0.5, 0.6) is 0 Å². The first-order valence-electron chi connectivity index (χ1n) is 10.4. The zero-order chi connectivity index (χ0) is 22.2. The molecule has 31 heavy (non-hydrogen) atoms. The van der Waals surface area contributed by atoms with Crippen molar-refractivity contribution in [2.24, 2.45) is 5.73 Å². The Labute approximate surface area is 180 Å². The van der Waals surface area contributed by atoms with Gasteiger partial charge >= 0.3 is 0 Å². The first-order chi connectivity index (χ1) is 14.8. The summed E-state index contributed by atoms with van der Waals surface area (Å²) < 4.78 is 55.5. The number of halogens is 2. The van der Waals surface area contributed by atoms with Gasteiger partial charge in [0.05, 0.1) is 4.90 Å². The monoisotopic (exact) mass is 449 g/mol. The lowest BCUT2D eigenvalue weighted by molar-refractivity contribution is -0.135. The zero-order valence-electron chi connectivity index (χ0n) is 17.0. The van der Waals surface area contributed by atoms with Gasteiger partial charge in [0.25, 0.3) is 0 Å². The van der Waals surface area contributed by atoms with Crippen molar-refractivity contribution in [3.05, 3.63) is 54.1 Å². The maximum Gasteiger partial charge on any atom is 0.243 e. The van der Waals surface area contributed by atoms with Crippen molar-refractivity contribution >= 4 is 15.9 Å². The van der Waals surface area contributed by atoms with Crippen molar-refractivity contribution in [2.75, 3.05) is 19.6 Å². The van der Waals surface area contributed by atoms with Crippen LogP contribution in [0.2, 0.25) is 0 Å². The molecule has 4 rings (SSSR count). The molecule has 2 fully saturated rings. The van der Waals surface area contributed by atoms with Crippen LogP contribution in [0.25, 0.3) is 11.1 Å². The number of nitrogens with zero attached hydrogens (tertiary/aromatic N) is 2. The molecule has 0 bridgehead atoms. The predicted octanol–water partition coefficient (Wildman–Crippen LogP) is 2.73. The molecule has 0 aromatic heterocycles. The molecule has 2 atom stereocenters. The van der Waals surface area contributed by atoms with Gasteiger partial charge in [0.15, 0.2) is 0 Å². The molecule has 2 aliphatic rings. The summed E-state index contributed by atoms with van der Waals surface area (Å²) in [7, 11) is -3.93. The first-order valence-corrected chi connectivity index (χ1v) is 11.8. The van der Waals surface area contributed by atoms with Gasteiger partial charge in [-0.3, -0.25) is 4.79 Å². The highest BCUT2D eigenvalue weighted by Crippen LogP contribution is 2.30. The van der Waals surface area contributed by atoms with Crippen molar-refractivity contribution in [1.82, 2.24) is 9.21 Å². The molecular weight excluding hydrogens is 424 g/mol. The van der Waals surface area contributed by atoms with Crippen LogP contribution in [-0.4, -0.2) is 55.2 Å². The SMILES string of the molecule is N[C@@H]1CCN(C(=O)[C@@H]2CCCCN2S(=O)(=O)c2ccc(-c3cc(F)ccc3F)cc2)C1. The number of rotatable bonds is 4. The van der Waals surface area contributed by atoms with E-state index in [4.69, 9.17) is 5.73 Å². The Hall–Kier alpha value is -2.36. The van der Waals surface area contributed by atoms with Gasteiger partial charge < -0.3 is 10.6 Å². The third-order valence-corrected chi connectivity index (χ3v) is 7.90. The van der Waals surface area contributed by atoms with E-state index in [1.807, 2.05) is 0 Å². The van der Waals surface area contributed by atoms with Crippen LogP contribution in [0, 0.1) is 11.6 Å². The van der Waals surface area contributed by atoms with Gasteiger partial charge in [-0.25, -0.2) is 17.2 Å². The van der Waals surface area contributed by atoms with E-state index in [-0.39, 0.29) is 29.0 Å². The Balaban J connectivity index is 1.60. The molecule has 2 aromatic rings. The van der Waals surface area contributed by atoms with Crippen LogP contribution in [0.1, 0.15) is 25.7 Å². The number of sulfonamides is 1. The Kier molecular flexibility index (Phi) is 6.09. The van der Waals surface area contributed by atoms with E-state index in [1.54, 1.807) is 4.90 Å². The Morgan fingerprint density at radius 1 is 1.00 bits per heavy atom. The third-order valence-electron chi connectivity index (χ3n) is 5.98. The van der Waals surface area contributed by atoms with E-state index >= 15 is 0 Å². The largest absolute Gasteiger partial charge is 0.340 e. The first kappa shape index (κ1) is 21.9. The number of hydrogen-bond acceptors (Lipinski definition) is 4. The highest BCUT2D eigenvalue weighted by atomic mass is 32.2. The fraction of sp³-hybridized carbons (Fsp3) is 0.409. The van der Waals surface area contributed by atoms with E-state index < -0.39 is 27.7 Å². The van der Waals surface area contributed by atoms with Gasteiger partial charge in [-0.2, -0.15) is 4.31 Å². The fourth-order valence-corrected chi connectivity index (χ4v) is 5.95. The second-order valence-corrected chi connectivity index (χ2v) is 10.00. The summed E-state index contributed by atoms with van der Waals surface area (Å²) >= 11 is 0.